The topological polar surface area (TPSA) is 72.6 Å². The van der Waals surface area contributed by atoms with Crippen LogP contribution in [0.25, 0.3) is 0 Å². The molecule has 0 heterocycles. The zero-order valence-corrected chi connectivity index (χ0v) is 13.2. The number of esters is 1. The van der Waals surface area contributed by atoms with E-state index in [0.717, 1.165) is 5.56 Å². The summed E-state index contributed by atoms with van der Waals surface area (Å²) in [5.74, 6) is -0.166. The van der Waals surface area contributed by atoms with Gasteiger partial charge in [0, 0.05) is 18.8 Å². The summed E-state index contributed by atoms with van der Waals surface area (Å²) >= 11 is 0. The molecule has 5 nitrogen and oxygen atoms in total. The number of carbonyl (C=O) groups is 2. The van der Waals surface area contributed by atoms with Gasteiger partial charge in [-0.15, -0.1) is 0 Å². The Morgan fingerprint density at radius 3 is 2.57 bits per heavy atom. The lowest BCUT2D eigenvalue weighted by atomic mass is 10.1. The summed E-state index contributed by atoms with van der Waals surface area (Å²) in [5.41, 5.74) is 7.85. The van der Waals surface area contributed by atoms with Crippen molar-refractivity contribution in [2.45, 2.75) is 27.2 Å². The minimum Gasteiger partial charge on any atom is -0.469 e. The first-order valence-electron chi connectivity index (χ1n) is 7.08. The second-order valence-electron chi connectivity index (χ2n) is 5.51. The van der Waals surface area contributed by atoms with Crippen LogP contribution in [0.5, 0.6) is 0 Å². The van der Waals surface area contributed by atoms with Gasteiger partial charge in [0.15, 0.2) is 0 Å². The van der Waals surface area contributed by atoms with Crippen LogP contribution in [0.15, 0.2) is 18.2 Å². The van der Waals surface area contributed by atoms with Gasteiger partial charge in [-0.3, -0.25) is 9.59 Å². The Kier molecular flexibility index (Phi) is 6.21. The zero-order chi connectivity index (χ0) is 16.0. The first-order chi connectivity index (χ1) is 9.86. The number of hydrogen-bond acceptors (Lipinski definition) is 4. The van der Waals surface area contributed by atoms with Gasteiger partial charge in [0.05, 0.1) is 19.1 Å². The summed E-state index contributed by atoms with van der Waals surface area (Å²) in [6, 6.07) is 5.40. The van der Waals surface area contributed by atoms with Gasteiger partial charge >= 0.3 is 5.97 Å². The highest BCUT2D eigenvalue weighted by Crippen LogP contribution is 2.19. The summed E-state index contributed by atoms with van der Waals surface area (Å²) < 4.78 is 4.63. The third-order valence-corrected chi connectivity index (χ3v) is 3.24. The molecule has 0 bridgehead atoms. The molecule has 0 atom stereocenters. The Morgan fingerprint density at radius 2 is 2.00 bits per heavy atom. The minimum atomic E-state index is -0.325. The molecular formula is C16H24N2O3. The summed E-state index contributed by atoms with van der Waals surface area (Å²) in [7, 11) is 1.34. The molecule has 0 fully saturated rings. The average molecular weight is 292 g/mol. The highest BCUT2D eigenvalue weighted by atomic mass is 16.5. The molecule has 2 N–H and O–H groups in total. The lowest BCUT2D eigenvalue weighted by Gasteiger charge is -2.25. The van der Waals surface area contributed by atoms with Crippen molar-refractivity contribution in [2.75, 3.05) is 25.9 Å². The van der Waals surface area contributed by atoms with Gasteiger partial charge in [0.1, 0.15) is 0 Å². The van der Waals surface area contributed by atoms with Crippen LogP contribution in [0.4, 0.5) is 5.69 Å². The monoisotopic (exact) mass is 292 g/mol. The number of carbonyl (C=O) groups excluding carboxylic acids is 2. The highest BCUT2D eigenvalue weighted by Gasteiger charge is 2.20. The number of para-hydroxylation sites is 1. The zero-order valence-electron chi connectivity index (χ0n) is 13.2. The Morgan fingerprint density at radius 1 is 1.33 bits per heavy atom. The van der Waals surface area contributed by atoms with Crippen molar-refractivity contribution in [3.05, 3.63) is 29.3 Å². The van der Waals surface area contributed by atoms with Crippen molar-refractivity contribution in [1.29, 1.82) is 0 Å². The van der Waals surface area contributed by atoms with E-state index in [1.165, 1.54) is 7.11 Å². The first-order valence-corrected chi connectivity index (χ1v) is 7.08. The summed E-state index contributed by atoms with van der Waals surface area (Å²) in [6.45, 7) is 6.82. The van der Waals surface area contributed by atoms with Crippen LogP contribution in [0.3, 0.4) is 0 Å². The minimum absolute atomic E-state index is 0.145. The molecule has 0 aliphatic rings. The average Bonchev–Trinajstić information content (AvgIpc) is 2.44. The third kappa shape index (κ3) is 4.77. The number of aryl methyl sites for hydroxylation is 1. The van der Waals surface area contributed by atoms with E-state index in [-0.39, 0.29) is 18.3 Å². The molecule has 0 saturated carbocycles. The number of rotatable bonds is 6. The maximum Gasteiger partial charge on any atom is 0.307 e. The molecular weight excluding hydrogens is 268 g/mol. The number of nitrogens with two attached hydrogens (primary N) is 1. The van der Waals surface area contributed by atoms with E-state index in [0.29, 0.717) is 30.3 Å². The Labute approximate surface area is 126 Å². The van der Waals surface area contributed by atoms with E-state index in [9.17, 15) is 9.59 Å². The SMILES string of the molecule is COC(=O)CCN(CC(C)C)C(=O)c1cccc(C)c1N. The fraction of sp³-hybridized carbons (Fsp3) is 0.500. The van der Waals surface area contributed by atoms with Crippen molar-refractivity contribution in [1.82, 2.24) is 4.90 Å². The molecule has 0 aliphatic carbocycles. The normalized spacial score (nSPS) is 10.5. The molecule has 5 heteroatoms. The third-order valence-electron chi connectivity index (χ3n) is 3.24. The van der Waals surface area contributed by atoms with Crippen LogP contribution >= 0.6 is 0 Å². The lowest BCUT2D eigenvalue weighted by molar-refractivity contribution is -0.140. The fourth-order valence-corrected chi connectivity index (χ4v) is 2.08. The Balaban J connectivity index is 2.93. The number of nitrogen functional groups attached to an aromatic ring is 1. The van der Waals surface area contributed by atoms with Crippen molar-refractivity contribution in [2.24, 2.45) is 5.92 Å². The smallest absolute Gasteiger partial charge is 0.307 e. The largest absolute Gasteiger partial charge is 0.469 e. The maximum atomic E-state index is 12.6. The van der Waals surface area contributed by atoms with E-state index < -0.39 is 0 Å². The fourth-order valence-electron chi connectivity index (χ4n) is 2.08. The number of hydrogen-bond donors (Lipinski definition) is 1. The van der Waals surface area contributed by atoms with Crippen LogP contribution in [-0.4, -0.2) is 37.0 Å². The molecule has 1 rings (SSSR count). The molecule has 0 aliphatic heterocycles. The van der Waals surface area contributed by atoms with Crippen molar-refractivity contribution in [3.8, 4) is 0 Å². The van der Waals surface area contributed by atoms with Gasteiger partial charge in [0.2, 0.25) is 0 Å². The van der Waals surface area contributed by atoms with Crippen LogP contribution in [0.1, 0.15) is 36.2 Å². The van der Waals surface area contributed by atoms with E-state index in [2.05, 4.69) is 4.74 Å². The standard InChI is InChI=1S/C16H24N2O3/c1-11(2)10-18(9-8-14(19)21-4)16(20)13-7-5-6-12(3)15(13)17/h5-7,11H,8-10,17H2,1-4H3. The molecule has 0 aromatic heterocycles. The quantitative estimate of drug-likeness (QED) is 0.644. The number of methoxy groups -OCH3 is 1. The Bertz CT molecular complexity index is 512. The number of amides is 1. The summed E-state index contributed by atoms with van der Waals surface area (Å²) in [5, 5.41) is 0. The molecule has 0 spiro atoms. The van der Waals surface area contributed by atoms with Gasteiger partial charge in [0.25, 0.3) is 5.91 Å². The van der Waals surface area contributed by atoms with E-state index in [4.69, 9.17) is 5.73 Å². The Hall–Kier alpha value is -2.04. The second kappa shape index (κ2) is 7.67. The van der Waals surface area contributed by atoms with Crippen LogP contribution in [0, 0.1) is 12.8 Å². The number of ether oxygens (including phenoxy) is 1. The van der Waals surface area contributed by atoms with Crippen molar-refractivity contribution < 1.29 is 14.3 Å². The van der Waals surface area contributed by atoms with Gasteiger partial charge in [-0.2, -0.15) is 0 Å². The van der Waals surface area contributed by atoms with E-state index in [1.807, 2.05) is 32.9 Å². The lowest BCUT2D eigenvalue weighted by Crippen LogP contribution is -2.36. The maximum absolute atomic E-state index is 12.6. The molecule has 21 heavy (non-hydrogen) atoms. The van der Waals surface area contributed by atoms with E-state index in [1.54, 1.807) is 11.0 Å². The molecule has 116 valence electrons. The predicted octanol–water partition coefficient (Wildman–Crippen LogP) is 2.24. The van der Waals surface area contributed by atoms with Crippen LogP contribution in [0.2, 0.25) is 0 Å². The van der Waals surface area contributed by atoms with Gasteiger partial charge < -0.3 is 15.4 Å². The molecule has 0 radical (unpaired) electrons. The van der Waals surface area contributed by atoms with Crippen molar-refractivity contribution in [3.63, 3.8) is 0 Å². The van der Waals surface area contributed by atoms with Crippen molar-refractivity contribution >= 4 is 17.6 Å². The molecule has 1 amide bonds. The highest BCUT2D eigenvalue weighted by molar-refractivity contribution is 5.99. The predicted molar refractivity (Wildman–Crippen MR) is 83.0 cm³/mol. The number of anilines is 1. The number of nitrogens with zero attached hydrogens (tertiary/aromatic N) is 1. The summed E-state index contributed by atoms with van der Waals surface area (Å²) in [6.07, 6.45) is 0.181. The molecule has 1 aromatic carbocycles. The first kappa shape index (κ1) is 17.0. The van der Waals surface area contributed by atoms with Crippen LogP contribution < -0.4 is 5.73 Å². The van der Waals surface area contributed by atoms with Crippen LogP contribution in [-0.2, 0) is 9.53 Å². The van der Waals surface area contributed by atoms with Gasteiger partial charge in [-0.25, -0.2) is 0 Å². The number of benzene rings is 1. The molecule has 0 saturated heterocycles. The molecule has 1 aromatic rings. The second-order valence-corrected chi connectivity index (χ2v) is 5.51. The van der Waals surface area contributed by atoms with Gasteiger partial charge in [-0.1, -0.05) is 26.0 Å². The summed E-state index contributed by atoms with van der Waals surface area (Å²) in [4.78, 5) is 25.6. The van der Waals surface area contributed by atoms with Gasteiger partial charge in [-0.05, 0) is 24.5 Å². The molecule has 0 unspecified atom stereocenters. The van der Waals surface area contributed by atoms with E-state index >= 15 is 0 Å².